The SMILES string of the molecule is COc1cc(Nc2c(C#N)cnc3cc(-c4ccc(CN5CCN(c6ccccc6OC)CC5)cc4)sc23)c(Cl)cc1Cl. The molecule has 1 aliphatic heterocycles. The lowest BCUT2D eigenvalue weighted by atomic mass is 10.1. The highest BCUT2D eigenvalue weighted by Gasteiger charge is 2.20. The van der Waals surface area contributed by atoms with Gasteiger partial charge in [-0.1, -0.05) is 59.6 Å². The number of hydrogen-bond acceptors (Lipinski definition) is 8. The lowest BCUT2D eigenvalue weighted by Gasteiger charge is -2.36. The number of methoxy groups -OCH3 is 2. The maximum atomic E-state index is 9.84. The molecule has 6 rings (SSSR count). The van der Waals surface area contributed by atoms with Crippen LogP contribution >= 0.6 is 34.5 Å². The van der Waals surface area contributed by atoms with Gasteiger partial charge < -0.3 is 19.7 Å². The molecular formula is C33H29Cl2N5O2S. The highest BCUT2D eigenvalue weighted by Crippen LogP contribution is 2.42. The van der Waals surface area contributed by atoms with E-state index < -0.39 is 0 Å². The van der Waals surface area contributed by atoms with E-state index in [0.29, 0.717) is 32.7 Å². The summed E-state index contributed by atoms with van der Waals surface area (Å²) >= 11 is 14.3. The van der Waals surface area contributed by atoms with Gasteiger partial charge in [0.15, 0.2) is 0 Å². The first-order chi connectivity index (χ1) is 21.0. The van der Waals surface area contributed by atoms with E-state index in [-0.39, 0.29) is 0 Å². The number of nitriles is 1. The minimum Gasteiger partial charge on any atom is -0.495 e. The first kappa shape index (κ1) is 29.1. The summed E-state index contributed by atoms with van der Waals surface area (Å²) in [5, 5.41) is 14.0. The maximum Gasteiger partial charge on any atom is 0.142 e. The molecule has 0 radical (unpaired) electrons. The molecule has 3 heterocycles. The van der Waals surface area contributed by atoms with Gasteiger partial charge in [-0.25, -0.2) is 0 Å². The summed E-state index contributed by atoms with van der Waals surface area (Å²) in [5.74, 6) is 1.41. The van der Waals surface area contributed by atoms with Gasteiger partial charge >= 0.3 is 0 Å². The van der Waals surface area contributed by atoms with Gasteiger partial charge in [0.05, 0.1) is 57.1 Å². The van der Waals surface area contributed by atoms with Crippen molar-refractivity contribution in [2.75, 3.05) is 50.6 Å². The second kappa shape index (κ2) is 12.7. The Morgan fingerprint density at radius 2 is 1.67 bits per heavy atom. The van der Waals surface area contributed by atoms with Gasteiger partial charge in [-0.2, -0.15) is 5.26 Å². The molecule has 1 fully saturated rings. The quantitative estimate of drug-likeness (QED) is 0.185. The summed E-state index contributed by atoms with van der Waals surface area (Å²) in [4.78, 5) is 10.5. The first-order valence-electron chi connectivity index (χ1n) is 13.8. The third-order valence-electron chi connectivity index (χ3n) is 7.61. The second-order valence-electron chi connectivity index (χ2n) is 10.2. The average molecular weight is 631 g/mol. The molecule has 0 bridgehead atoms. The molecule has 2 aromatic heterocycles. The minimum atomic E-state index is 0.412. The Labute approximate surface area is 264 Å². The van der Waals surface area contributed by atoms with Crippen molar-refractivity contribution in [3.8, 4) is 28.0 Å². The van der Waals surface area contributed by atoms with E-state index in [0.717, 1.165) is 64.8 Å². The molecule has 43 heavy (non-hydrogen) atoms. The minimum absolute atomic E-state index is 0.412. The number of ether oxygens (including phenoxy) is 2. The van der Waals surface area contributed by atoms with Crippen molar-refractivity contribution in [2.45, 2.75) is 6.54 Å². The highest BCUT2D eigenvalue weighted by atomic mass is 35.5. The summed E-state index contributed by atoms with van der Waals surface area (Å²) in [6.07, 6.45) is 1.58. The molecule has 0 amide bonds. The second-order valence-corrected chi connectivity index (χ2v) is 12.1. The van der Waals surface area contributed by atoms with Crippen LogP contribution in [0.2, 0.25) is 10.0 Å². The van der Waals surface area contributed by atoms with Crippen LogP contribution in [0.15, 0.2) is 72.9 Å². The van der Waals surface area contributed by atoms with Gasteiger partial charge in [0.1, 0.15) is 17.6 Å². The Bertz CT molecular complexity index is 1810. The first-order valence-corrected chi connectivity index (χ1v) is 15.4. The molecule has 0 atom stereocenters. The highest BCUT2D eigenvalue weighted by molar-refractivity contribution is 7.22. The van der Waals surface area contributed by atoms with Gasteiger partial charge in [-0.05, 0) is 35.4 Å². The third-order valence-corrected chi connectivity index (χ3v) is 9.40. The predicted octanol–water partition coefficient (Wildman–Crippen LogP) is 8.22. The van der Waals surface area contributed by atoms with Crippen molar-refractivity contribution in [2.24, 2.45) is 0 Å². The van der Waals surface area contributed by atoms with E-state index in [4.69, 9.17) is 32.7 Å². The molecule has 0 unspecified atom stereocenters. The van der Waals surface area contributed by atoms with Crippen LogP contribution in [0.25, 0.3) is 20.7 Å². The van der Waals surface area contributed by atoms with E-state index in [2.05, 4.69) is 68.6 Å². The predicted molar refractivity (Wildman–Crippen MR) is 177 cm³/mol. The largest absolute Gasteiger partial charge is 0.495 e. The number of aromatic nitrogens is 1. The summed E-state index contributed by atoms with van der Waals surface area (Å²) in [7, 11) is 3.27. The van der Waals surface area contributed by atoms with Crippen molar-refractivity contribution in [3.63, 3.8) is 0 Å². The van der Waals surface area contributed by atoms with Crippen LogP contribution in [0, 0.1) is 11.3 Å². The number of thiophene rings is 1. The topological polar surface area (TPSA) is 73.7 Å². The van der Waals surface area contributed by atoms with Crippen LogP contribution in [0.3, 0.4) is 0 Å². The molecule has 0 aliphatic carbocycles. The number of benzene rings is 3. The molecule has 218 valence electrons. The smallest absolute Gasteiger partial charge is 0.142 e. The van der Waals surface area contributed by atoms with Crippen molar-refractivity contribution in [1.82, 2.24) is 9.88 Å². The molecule has 0 saturated carbocycles. The lowest BCUT2D eigenvalue weighted by molar-refractivity contribution is 0.249. The van der Waals surface area contributed by atoms with E-state index in [1.54, 1.807) is 43.9 Å². The molecular weight excluding hydrogens is 601 g/mol. The number of piperazine rings is 1. The Balaban J connectivity index is 1.18. The molecule has 0 spiro atoms. The fourth-order valence-electron chi connectivity index (χ4n) is 5.32. The number of para-hydroxylation sites is 2. The zero-order valence-electron chi connectivity index (χ0n) is 23.7. The number of rotatable bonds is 8. The average Bonchev–Trinajstić information content (AvgIpc) is 3.48. The monoisotopic (exact) mass is 629 g/mol. The van der Waals surface area contributed by atoms with Crippen LogP contribution in [0.1, 0.15) is 11.1 Å². The molecule has 7 nitrogen and oxygen atoms in total. The molecule has 5 aromatic rings. The van der Waals surface area contributed by atoms with Gasteiger partial charge in [0, 0.05) is 49.9 Å². The summed E-state index contributed by atoms with van der Waals surface area (Å²) in [5.41, 5.74) is 6.00. The number of pyridine rings is 1. The fourth-order valence-corrected chi connectivity index (χ4v) is 6.95. The van der Waals surface area contributed by atoms with Crippen LogP contribution in [0.5, 0.6) is 11.5 Å². The Morgan fingerprint density at radius 3 is 2.40 bits per heavy atom. The fraction of sp³-hybridized carbons (Fsp3) is 0.212. The van der Waals surface area contributed by atoms with Gasteiger partial charge in [-0.15, -0.1) is 11.3 Å². The molecule has 1 saturated heterocycles. The normalized spacial score (nSPS) is 13.6. The summed E-state index contributed by atoms with van der Waals surface area (Å²) < 4.78 is 11.8. The molecule has 1 N–H and O–H groups in total. The molecule has 3 aromatic carbocycles. The molecule has 1 aliphatic rings. The Morgan fingerprint density at radius 1 is 0.930 bits per heavy atom. The van der Waals surface area contributed by atoms with Crippen LogP contribution in [-0.4, -0.2) is 50.3 Å². The number of halogens is 2. The van der Waals surface area contributed by atoms with E-state index in [1.807, 2.05) is 12.1 Å². The van der Waals surface area contributed by atoms with Crippen molar-refractivity contribution in [3.05, 3.63) is 94.1 Å². The lowest BCUT2D eigenvalue weighted by Crippen LogP contribution is -2.46. The number of nitrogens with zero attached hydrogens (tertiary/aromatic N) is 4. The molecule has 10 heteroatoms. The summed E-state index contributed by atoms with van der Waals surface area (Å²) in [6.45, 7) is 4.80. The number of hydrogen-bond donors (Lipinski definition) is 1. The van der Waals surface area contributed by atoms with Crippen molar-refractivity contribution < 1.29 is 9.47 Å². The Hall–Kier alpha value is -4.00. The Kier molecular flexibility index (Phi) is 8.59. The number of fused-ring (bicyclic) bond motifs is 1. The third kappa shape index (κ3) is 6.08. The zero-order chi connectivity index (χ0) is 29.9. The standard InChI is InChI=1S/C33H29Cl2N5O2S/c1-41-29-6-4-3-5-28(29)40-13-11-39(12-14-40)20-21-7-9-22(10-8-21)31-17-27-33(43-31)32(23(18-36)19-37-27)38-26-16-30(42-2)25(35)15-24(26)34/h3-10,15-17,19H,11-14,20H2,1-2H3,(H,37,38). The zero-order valence-corrected chi connectivity index (χ0v) is 26.1. The maximum absolute atomic E-state index is 9.84. The van der Waals surface area contributed by atoms with Crippen molar-refractivity contribution >= 4 is 61.8 Å². The van der Waals surface area contributed by atoms with Gasteiger partial charge in [0.25, 0.3) is 0 Å². The number of nitrogens with one attached hydrogen (secondary N) is 1. The van der Waals surface area contributed by atoms with E-state index >= 15 is 0 Å². The van der Waals surface area contributed by atoms with E-state index in [1.165, 1.54) is 5.56 Å². The van der Waals surface area contributed by atoms with E-state index in [9.17, 15) is 5.26 Å². The summed E-state index contributed by atoms with van der Waals surface area (Å²) in [6, 6.07) is 24.6. The van der Waals surface area contributed by atoms with Crippen LogP contribution in [0.4, 0.5) is 17.1 Å². The number of anilines is 3. The van der Waals surface area contributed by atoms with Crippen LogP contribution in [-0.2, 0) is 6.54 Å². The van der Waals surface area contributed by atoms with Gasteiger partial charge in [0.2, 0.25) is 0 Å². The van der Waals surface area contributed by atoms with Crippen LogP contribution < -0.4 is 19.7 Å². The van der Waals surface area contributed by atoms with Crippen molar-refractivity contribution in [1.29, 1.82) is 5.26 Å². The van der Waals surface area contributed by atoms with Gasteiger partial charge in [-0.3, -0.25) is 9.88 Å².